The van der Waals surface area contributed by atoms with Crippen molar-refractivity contribution in [2.45, 2.75) is 105 Å². The van der Waals surface area contributed by atoms with E-state index in [1.165, 1.54) is 44.2 Å². The van der Waals surface area contributed by atoms with Gasteiger partial charge in [0.15, 0.2) is 5.78 Å². The van der Waals surface area contributed by atoms with Crippen LogP contribution in [0.5, 0.6) is 0 Å². The molecule has 1 heteroatoms. The molecule has 0 N–H and O–H groups in total. The number of benzene rings is 4. The molecule has 0 unspecified atom stereocenters. The first-order chi connectivity index (χ1) is 20.3. The highest BCUT2D eigenvalue weighted by Crippen LogP contribution is 2.57. The molecule has 0 aromatic heterocycles. The summed E-state index contributed by atoms with van der Waals surface area (Å²) in [5.74, 6) is 0.137. The highest BCUT2D eigenvalue weighted by atomic mass is 16.1. The lowest BCUT2D eigenvalue weighted by molar-refractivity contribution is -0.108. The minimum atomic E-state index is -0.0523. The quantitative estimate of drug-likeness (QED) is 0.230. The van der Waals surface area contributed by atoms with Crippen molar-refractivity contribution in [2.75, 3.05) is 0 Å². The zero-order valence-corrected chi connectivity index (χ0v) is 28.8. The SMILES string of the molecule is CC(C)(C)c1cc(C2=C3C(=C(c4cc(C(C)(C)C)cc(C(C)(C)C)c4)C2=O)c2cccc4cccc3c24)cc(C(C)(C)C)c1. The first kappa shape index (κ1) is 30.3. The van der Waals surface area contributed by atoms with Crippen LogP contribution in [0.4, 0.5) is 0 Å². The molecule has 0 heterocycles. The molecule has 0 bridgehead atoms. The summed E-state index contributed by atoms with van der Waals surface area (Å²) in [4.78, 5) is 15.2. The minimum Gasteiger partial charge on any atom is -0.289 e. The van der Waals surface area contributed by atoms with Crippen LogP contribution < -0.4 is 0 Å². The highest BCUT2D eigenvalue weighted by molar-refractivity contribution is 6.61. The number of carbonyl (C=O) groups excluding carboxylic acids is 1. The van der Waals surface area contributed by atoms with E-state index in [0.717, 1.165) is 33.4 Å². The maximum atomic E-state index is 15.2. The van der Waals surface area contributed by atoms with Gasteiger partial charge < -0.3 is 0 Å². The summed E-state index contributed by atoms with van der Waals surface area (Å²) >= 11 is 0. The second kappa shape index (κ2) is 9.64. The van der Waals surface area contributed by atoms with Crippen LogP contribution in [0.1, 0.15) is 128 Å². The van der Waals surface area contributed by atoms with Crippen molar-refractivity contribution >= 4 is 38.8 Å². The molecular formula is C43H48O. The Labute approximate surface area is 265 Å². The number of rotatable bonds is 2. The molecule has 1 nitrogen and oxygen atoms in total. The van der Waals surface area contributed by atoms with Crippen LogP contribution in [0.2, 0.25) is 0 Å². The van der Waals surface area contributed by atoms with Gasteiger partial charge in [-0.1, -0.05) is 156 Å². The van der Waals surface area contributed by atoms with Crippen molar-refractivity contribution in [1.29, 1.82) is 0 Å². The van der Waals surface area contributed by atoms with Gasteiger partial charge in [-0.2, -0.15) is 0 Å². The summed E-state index contributed by atoms with van der Waals surface area (Å²) in [6.07, 6.45) is 0. The summed E-state index contributed by atoms with van der Waals surface area (Å²) in [6, 6.07) is 26.9. The van der Waals surface area contributed by atoms with Crippen LogP contribution in [-0.4, -0.2) is 5.78 Å². The van der Waals surface area contributed by atoms with E-state index in [-0.39, 0.29) is 27.4 Å². The molecule has 0 radical (unpaired) electrons. The van der Waals surface area contributed by atoms with Gasteiger partial charge in [-0.25, -0.2) is 0 Å². The third-order valence-electron chi connectivity index (χ3n) is 9.55. The van der Waals surface area contributed by atoms with E-state index in [2.05, 4.69) is 156 Å². The zero-order valence-electron chi connectivity index (χ0n) is 28.8. The minimum absolute atomic E-state index is 0.0523. The molecule has 0 amide bonds. The summed E-state index contributed by atoms with van der Waals surface area (Å²) < 4.78 is 0. The average molecular weight is 581 g/mol. The first-order valence-corrected chi connectivity index (χ1v) is 16.2. The number of carbonyl (C=O) groups is 1. The summed E-state index contributed by atoms with van der Waals surface area (Å²) in [5, 5.41) is 2.48. The predicted octanol–water partition coefficient (Wildman–Crippen LogP) is 11.4. The summed E-state index contributed by atoms with van der Waals surface area (Å²) in [6.45, 7) is 27.2. The van der Waals surface area contributed by atoms with E-state index in [9.17, 15) is 0 Å². The lowest BCUT2D eigenvalue weighted by Gasteiger charge is -2.27. The van der Waals surface area contributed by atoms with Crippen LogP contribution in [0.15, 0.2) is 72.8 Å². The van der Waals surface area contributed by atoms with E-state index >= 15 is 4.79 Å². The molecule has 2 aliphatic carbocycles. The van der Waals surface area contributed by atoms with Crippen molar-refractivity contribution in [3.63, 3.8) is 0 Å². The number of Topliss-reactive ketones (excluding diaryl/α,β-unsaturated/α-hetero) is 1. The average Bonchev–Trinajstić information content (AvgIpc) is 3.39. The molecule has 0 saturated carbocycles. The molecule has 226 valence electrons. The van der Waals surface area contributed by atoms with E-state index in [0.29, 0.717) is 0 Å². The number of fused-ring (bicyclic) bond motifs is 3. The van der Waals surface area contributed by atoms with Gasteiger partial charge >= 0.3 is 0 Å². The van der Waals surface area contributed by atoms with Crippen LogP contribution in [0.25, 0.3) is 33.1 Å². The molecule has 44 heavy (non-hydrogen) atoms. The van der Waals surface area contributed by atoms with Gasteiger partial charge in [0.2, 0.25) is 0 Å². The molecule has 6 rings (SSSR count). The third kappa shape index (κ3) is 4.90. The van der Waals surface area contributed by atoms with Crippen LogP contribution in [-0.2, 0) is 26.5 Å². The largest absolute Gasteiger partial charge is 0.289 e. The molecule has 4 aromatic rings. The van der Waals surface area contributed by atoms with Crippen molar-refractivity contribution in [3.8, 4) is 0 Å². The Hall–Kier alpha value is -3.71. The molecule has 4 aromatic carbocycles. The monoisotopic (exact) mass is 580 g/mol. The fraction of sp³-hybridized carbons (Fsp3) is 0.372. The zero-order chi connectivity index (χ0) is 32.1. The summed E-state index contributed by atoms with van der Waals surface area (Å²) in [5.41, 5.74) is 13.1. The Morgan fingerprint density at radius 3 is 1.02 bits per heavy atom. The van der Waals surface area contributed by atoms with Crippen molar-refractivity contribution in [3.05, 3.63) is 117 Å². The van der Waals surface area contributed by atoms with Crippen LogP contribution in [0.3, 0.4) is 0 Å². The topological polar surface area (TPSA) is 17.1 Å². The van der Waals surface area contributed by atoms with Gasteiger partial charge in [-0.05, 0) is 76.9 Å². The fourth-order valence-corrected chi connectivity index (χ4v) is 6.73. The molecule has 2 aliphatic rings. The normalized spacial score (nSPS) is 15.6. The highest BCUT2D eigenvalue weighted by Gasteiger charge is 2.41. The molecule has 0 spiro atoms. The van der Waals surface area contributed by atoms with Crippen molar-refractivity contribution in [1.82, 2.24) is 0 Å². The third-order valence-corrected chi connectivity index (χ3v) is 9.55. The smallest absolute Gasteiger partial charge is 0.195 e. The Morgan fingerprint density at radius 2 is 0.727 bits per heavy atom. The maximum Gasteiger partial charge on any atom is 0.195 e. The molecule has 0 atom stereocenters. The Morgan fingerprint density at radius 1 is 0.409 bits per heavy atom. The van der Waals surface area contributed by atoms with Crippen LogP contribution >= 0.6 is 0 Å². The Bertz CT molecular complexity index is 1730. The van der Waals surface area contributed by atoms with Gasteiger partial charge in [0.1, 0.15) is 0 Å². The second-order valence-corrected chi connectivity index (χ2v) is 17.1. The van der Waals surface area contributed by atoms with E-state index in [4.69, 9.17) is 0 Å². The van der Waals surface area contributed by atoms with Gasteiger partial charge in [0.25, 0.3) is 0 Å². The van der Waals surface area contributed by atoms with Crippen molar-refractivity contribution < 1.29 is 4.79 Å². The van der Waals surface area contributed by atoms with Gasteiger partial charge in [0, 0.05) is 22.3 Å². The van der Waals surface area contributed by atoms with Crippen LogP contribution in [0, 0.1) is 0 Å². The number of hydrogen-bond donors (Lipinski definition) is 0. The standard InChI is InChI=1S/C43H48O/c1-40(2,3)28-19-26(20-29(23-28)41(4,5)6)35-37-32-17-13-15-25-16-14-18-33(34(25)32)38(37)36(39(35)44)27-21-30(42(7,8)9)24-31(22-27)43(10,11)12/h13-24H,1-12H3. The number of ketones is 1. The number of hydrogen-bond acceptors (Lipinski definition) is 1. The lowest BCUT2D eigenvalue weighted by atomic mass is 9.77. The lowest BCUT2D eigenvalue weighted by Crippen LogP contribution is -2.18. The fourth-order valence-electron chi connectivity index (χ4n) is 6.73. The molecule has 0 aliphatic heterocycles. The number of allylic oxidation sites excluding steroid dienone is 4. The maximum absolute atomic E-state index is 15.2. The van der Waals surface area contributed by atoms with E-state index in [1.807, 2.05) is 0 Å². The van der Waals surface area contributed by atoms with E-state index < -0.39 is 0 Å². The Kier molecular flexibility index (Phi) is 6.65. The summed E-state index contributed by atoms with van der Waals surface area (Å²) in [7, 11) is 0. The predicted molar refractivity (Wildman–Crippen MR) is 190 cm³/mol. The molecule has 0 saturated heterocycles. The molecular weight excluding hydrogens is 532 g/mol. The van der Waals surface area contributed by atoms with Gasteiger partial charge in [0.05, 0.1) is 0 Å². The second-order valence-electron chi connectivity index (χ2n) is 17.1. The van der Waals surface area contributed by atoms with Crippen molar-refractivity contribution in [2.24, 2.45) is 0 Å². The van der Waals surface area contributed by atoms with Gasteiger partial charge in [-0.15, -0.1) is 0 Å². The molecule has 0 fully saturated rings. The first-order valence-electron chi connectivity index (χ1n) is 16.2. The van der Waals surface area contributed by atoms with Gasteiger partial charge in [-0.3, -0.25) is 4.79 Å². The van der Waals surface area contributed by atoms with E-state index in [1.54, 1.807) is 0 Å². The Balaban J connectivity index is 1.73.